The van der Waals surface area contributed by atoms with Crippen LogP contribution in [0.5, 0.6) is 0 Å². The summed E-state index contributed by atoms with van der Waals surface area (Å²) in [5.74, 6) is 0. The minimum absolute atomic E-state index is 1.29. The molecule has 0 heterocycles. The Balaban J connectivity index is 0.000000177. The van der Waals surface area contributed by atoms with Gasteiger partial charge < -0.3 is 0 Å². The number of benzene rings is 12. The zero-order valence-corrected chi connectivity index (χ0v) is 54.1. The number of aryl methyl sites for hydroxylation is 18. The van der Waals surface area contributed by atoms with Crippen LogP contribution < -0.4 is 0 Å². The van der Waals surface area contributed by atoms with Crippen LogP contribution in [0.25, 0.3) is 43.4 Å². The second kappa shape index (κ2) is 33.5. The molecule has 84 heavy (non-hydrogen) atoms. The van der Waals surface area contributed by atoms with Gasteiger partial charge in [0.1, 0.15) is 0 Å². The highest BCUT2D eigenvalue weighted by atomic mass is 14.1. The predicted octanol–water partition coefficient (Wildman–Crippen LogP) is 24.2. The van der Waals surface area contributed by atoms with E-state index < -0.39 is 0 Å². The number of hydrogen-bond donors (Lipinski definition) is 0. The third-order valence-electron chi connectivity index (χ3n) is 15.2. The van der Waals surface area contributed by atoms with Crippen LogP contribution in [-0.2, 0) is 0 Å². The van der Waals surface area contributed by atoms with Gasteiger partial charge in [0.2, 0.25) is 0 Å². The van der Waals surface area contributed by atoms with Crippen molar-refractivity contribution in [1.29, 1.82) is 0 Å². The standard InChI is InChI=1S/C14H14.3C12H12.C10H14.3C8H10/c1-11-3-7-13(8-4-11)14-9-5-12(2)6-10-14;1-9-3-5-12-8-10(2)4-6-11(12)7-9;1-9-5-3-8-12-10(2)6-4-7-11(9)12;1-9-7-8-10(2)12-6-4-3-5-11(9)12;1-7-5-9(3)10(4)6-8(7)2;1-7-3-5-8(2)6-4-7;1-7-4-3-5-8(2)6-7;1-7-5-3-4-6-8(7)2/h3-10H,1-2H3;3*3-8H,1-2H3;5-6H,1-4H3;3*3-6H,1-2H3. The minimum Gasteiger partial charge on any atom is -0.0620 e. The Labute approximate surface area is 508 Å². The molecule has 12 aromatic carbocycles. The lowest BCUT2D eigenvalue weighted by atomic mass is 10.0. The second-order valence-corrected chi connectivity index (χ2v) is 23.0. The van der Waals surface area contributed by atoms with Gasteiger partial charge in [-0.2, -0.15) is 0 Å². The fourth-order valence-electron chi connectivity index (χ4n) is 9.41. The highest BCUT2D eigenvalue weighted by Crippen LogP contribution is 2.24. The summed E-state index contributed by atoms with van der Waals surface area (Å²) in [5.41, 5.74) is 26.9. The molecule has 0 aliphatic carbocycles. The Morgan fingerprint density at radius 3 is 0.679 bits per heavy atom. The summed E-state index contributed by atoms with van der Waals surface area (Å²) in [5, 5.41) is 8.16. The molecule has 0 unspecified atom stereocenters. The summed E-state index contributed by atoms with van der Waals surface area (Å²) in [7, 11) is 0. The highest BCUT2D eigenvalue weighted by Gasteiger charge is 2.00. The van der Waals surface area contributed by atoms with Crippen LogP contribution in [0.4, 0.5) is 0 Å². The Morgan fingerprint density at radius 2 is 0.381 bits per heavy atom. The van der Waals surface area contributed by atoms with Crippen LogP contribution in [0.2, 0.25) is 0 Å². The van der Waals surface area contributed by atoms with Crippen molar-refractivity contribution in [2.75, 3.05) is 0 Å². The normalized spacial score (nSPS) is 10.0. The molecule has 0 aromatic heterocycles. The first-order valence-corrected chi connectivity index (χ1v) is 29.7. The van der Waals surface area contributed by atoms with Gasteiger partial charge in [-0.3, -0.25) is 0 Å². The van der Waals surface area contributed by atoms with E-state index in [-0.39, 0.29) is 0 Å². The van der Waals surface area contributed by atoms with Gasteiger partial charge in [0, 0.05) is 0 Å². The van der Waals surface area contributed by atoms with Crippen LogP contribution in [0.1, 0.15) is 100 Å². The van der Waals surface area contributed by atoms with E-state index in [9.17, 15) is 0 Å². The maximum absolute atomic E-state index is 2.24. The summed E-state index contributed by atoms with van der Waals surface area (Å²) in [6.07, 6.45) is 0. The highest BCUT2D eigenvalue weighted by molar-refractivity contribution is 5.89. The molecule has 0 amide bonds. The first-order chi connectivity index (χ1) is 40.1. The zero-order chi connectivity index (χ0) is 61.3. The maximum Gasteiger partial charge on any atom is -0.0152 e. The van der Waals surface area contributed by atoms with Gasteiger partial charge in [0.25, 0.3) is 0 Å². The molecule has 0 N–H and O–H groups in total. The van der Waals surface area contributed by atoms with Crippen molar-refractivity contribution in [3.05, 3.63) is 343 Å². The lowest BCUT2D eigenvalue weighted by molar-refractivity contribution is 1.24. The quantitative estimate of drug-likeness (QED) is 0.154. The minimum atomic E-state index is 1.29. The molecule has 0 aliphatic heterocycles. The largest absolute Gasteiger partial charge is 0.0620 e. The van der Waals surface area contributed by atoms with Crippen molar-refractivity contribution >= 4 is 32.3 Å². The average Bonchev–Trinajstić information content (AvgIpc) is 3.52. The maximum atomic E-state index is 2.24. The first-order valence-electron chi connectivity index (χ1n) is 29.7. The summed E-state index contributed by atoms with van der Waals surface area (Å²) in [6, 6.07) is 85.9. The molecular weight excluding hydrogens is 1010 g/mol. The fourth-order valence-corrected chi connectivity index (χ4v) is 9.41. The van der Waals surface area contributed by atoms with Crippen molar-refractivity contribution in [3.63, 3.8) is 0 Å². The van der Waals surface area contributed by atoms with Crippen molar-refractivity contribution in [3.8, 4) is 11.1 Å². The van der Waals surface area contributed by atoms with E-state index in [4.69, 9.17) is 0 Å². The SMILES string of the molecule is Cc1cc(C)c(C)cc1C.Cc1ccc(-c2ccc(C)cc2)cc1.Cc1ccc(C)c2ccccc12.Cc1ccc(C)cc1.Cc1ccc2cc(C)ccc2c1.Cc1cccc(C)c1.Cc1cccc2c(C)cccc12.Cc1ccccc1C. The van der Waals surface area contributed by atoms with E-state index in [2.05, 4.69) is 367 Å². The third kappa shape index (κ3) is 22.0. The smallest absolute Gasteiger partial charge is 0.0152 e. The molecule has 0 nitrogen and oxygen atoms in total. The van der Waals surface area contributed by atoms with E-state index >= 15 is 0 Å². The molecule has 0 saturated carbocycles. The van der Waals surface area contributed by atoms with E-state index in [0.29, 0.717) is 0 Å². The zero-order valence-electron chi connectivity index (χ0n) is 54.1. The van der Waals surface area contributed by atoms with Crippen molar-refractivity contribution in [1.82, 2.24) is 0 Å². The number of fused-ring (bicyclic) bond motifs is 3. The van der Waals surface area contributed by atoms with Gasteiger partial charge >= 0.3 is 0 Å². The molecule has 0 radical (unpaired) electrons. The Bertz CT molecular complexity index is 3630. The van der Waals surface area contributed by atoms with Gasteiger partial charge in [-0.1, -0.05) is 287 Å². The van der Waals surface area contributed by atoms with Crippen molar-refractivity contribution in [2.45, 2.75) is 125 Å². The van der Waals surface area contributed by atoms with Gasteiger partial charge in [0.15, 0.2) is 0 Å². The predicted molar refractivity (Wildman–Crippen MR) is 375 cm³/mol. The van der Waals surface area contributed by atoms with Crippen LogP contribution in [-0.4, -0.2) is 0 Å². The van der Waals surface area contributed by atoms with Crippen molar-refractivity contribution in [2.24, 2.45) is 0 Å². The van der Waals surface area contributed by atoms with Gasteiger partial charge in [-0.15, -0.1) is 0 Å². The molecule has 0 atom stereocenters. The van der Waals surface area contributed by atoms with E-state index in [1.165, 1.54) is 144 Å². The van der Waals surface area contributed by atoms with E-state index in [0.717, 1.165) is 0 Å². The molecule has 0 saturated heterocycles. The van der Waals surface area contributed by atoms with Crippen molar-refractivity contribution < 1.29 is 0 Å². The number of rotatable bonds is 1. The topological polar surface area (TPSA) is 0 Å². The first kappa shape index (κ1) is 66.2. The Morgan fingerprint density at radius 1 is 0.143 bits per heavy atom. The lowest BCUT2D eigenvalue weighted by Crippen LogP contribution is -1.86. The van der Waals surface area contributed by atoms with E-state index in [1.54, 1.807) is 0 Å². The summed E-state index contributed by atoms with van der Waals surface area (Å²) in [6.45, 7) is 38.3. The molecule has 12 aromatic rings. The summed E-state index contributed by atoms with van der Waals surface area (Å²) in [4.78, 5) is 0. The molecule has 0 aliphatic rings. The number of hydrogen-bond acceptors (Lipinski definition) is 0. The monoisotopic (exact) mass is 1100 g/mol. The summed E-state index contributed by atoms with van der Waals surface area (Å²) >= 11 is 0. The van der Waals surface area contributed by atoms with E-state index in [1.807, 2.05) is 0 Å². The average molecular weight is 1100 g/mol. The molecular formula is C84H94. The Hall–Kier alpha value is -8.58. The molecule has 0 bridgehead atoms. The van der Waals surface area contributed by atoms with Crippen LogP contribution >= 0.6 is 0 Å². The van der Waals surface area contributed by atoms with Crippen LogP contribution in [0.3, 0.4) is 0 Å². The second-order valence-electron chi connectivity index (χ2n) is 23.0. The van der Waals surface area contributed by atoms with Crippen LogP contribution in [0, 0.1) is 125 Å². The lowest BCUT2D eigenvalue weighted by Gasteiger charge is -2.04. The third-order valence-corrected chi connectivity index (χ3v) is 15.2. The fraction of sp³-hybridized carbons (Fsp3) is 0.214. The van der Waals surface area contributed by atoms with Gasteiger partial charge in [0.05, 0.1) is 0 Å². The summed E-state index contributed by atoms with van der Waals surface area (Å²) < 4.78 is 0. The molecule has 0 heteroatoms. The molecule has 0 spiro atoms. The molecule has 0 fully saturated rings. The van der Waals surface area contributed by atoms with Crippen LogP contribution in [0.15, 0.2) is 243 Å². The molecule has 430 valence electrons. The Kier molecular flexibility index (Phi) is 26.4. The van der Waals surface area contributed by atoms with Gasteiger partial charge in [-0.05, 0) is 224 Å². The van der Waals surface area contributed by atoms with Gasteiger partial charge in [-0.25, -0.2) is 0 Å². The molecule has 12 rings (SSSR count).